The van der Waals surface area contributed by atoms with Gasteiger partial charge in [-0.2, -0.15) is 10.2 Å². The van der Waals surface area contributed by atoms with Crippen molar-refractivity contribution in [3.05, 3.63) is 83.3 Å². The van der Waals surface area contributed by atoms with Crippen molar-refractivity contribution in [1.82, 2.24) is 24.5 Å². The van der Waals surface area contributed by atoms with E-state index in [0.29, 0.717) is 0 Å². The summed E-state index contributed by atoms with van der Waals surface area (Å²) in [5.74, 6) is 1.56. The van der Waals surface area contributed by atoms with Crippen LogP contribution < -0.4 is 9.47 Å². The Bertz CT molecular complexity index is 1250. The summed E-state index contributed by atoms with van der Waals surface area (Å²) in [7, 11) is 2.14. The summed E-state index contributed by atoms with van der Waals surface area (Å²) in [4.78, 5) is 2.32. The van der Waals surface area contributed by atoms with E-state index in [2.05, 4.69) is 71.2 Å². The molecular formula is C26H29N5O2. The quantitative estimate of drug-likeness (QED) is 0.407. The second-order valence-electron chi connectivity index (χ2n) is 8.64. The average molecular weight is 444 g/mol. The van der Waals surface area contributed by atoms with Crippen molar-refractivity contribution >= 4 is 0 Å². The molecule has 3 heterocycles. The molecule has 0 N–H and O–H groups in total. The molecule has 0 bridgehead atoms. The first-order valence-corrected chi connectivity index (χ1v) is 11.2. The highest BCUT2D eigenvalue weighted by Gasteiger charge is 2.18. The minimum Gasteiger partial charge on any atom is -0.454 e. The second kappa shape index (κ2) is 9.11. The van der Waals surface area contributed by atoms with Gasteiger partial charge in [-0.1, -0.05) is 30.3 Å². The van der Waals surface area contributed by atoms with Crippen molar-refractivity contribution in [2.45, 2.75) is 33.5 Å². The van der Waals surface area contributed by atoms with E-state index in [1.165, 1.54) is 16.8 Å². The Labute approximate surface area is 194 Å². The highest BCUT2D eigenvalue weighted by atomic mass is 16.7. The SMILES string of the molecule is Cc1cc(C)n(CCN(C)Cc2cn(Cc3ccccc3)nc2-c2ccc3c(c2)OCO3)n1. The first kappa shape index (κ1) is 21.3. The number of rotatable bonds is 8. The predicted octanol–water partition coefficient (Wildman–Crippen LogP) is 4.27. The van der Waals surface area contributed by atoms with Crippen LogP contribution in [0.3, 0.4) is 0 Å². The molecule has 0 saturated carbocycles. The zero-order valence-electron chi connectivity index (χ0n) is 19.4. The van der Waals surface area contributed by atoms with Crippen LogP contribution in [0.1, 0.15) is 22.5 Å². The van der Waals surface area contributed by atoms with Gasteiger partial charge >= 0.3 is 0 Å². The number of benzene rings is 2. The molecule has 0 unspecified atom stereocenters. The molecule has 0 aliphatic carbocycles. The third-order valence-electron chi connectivity index (χ3n) is 5.91. The fourth-order valence-electron chi connectivity index (χ4n) is 4.25. The van der Waals surface area contributed by atoms with Crippen LogP contribution in [0.5, 0.6) is 11.5 Å². The van der Waals surface area contributed by atoms with Crippen molar-refractivity contribution in [1.29, 1.82) is 0 Å². The maximum Gasteiger partial charge on any atom is 0.231 e. The molecule has 0 radical (unpaired) electrons. The van der Waals surface area contributed by atoms with E-state index < -0.39 is 0 Å². The summed E-state index contributed by atoms with van der Waals surface area (Å²) in [6.45, 7) is 7.67. The van der Waals surface area contributed by atoms with Gasteiger partial charge in [-0.15, -0.1) is 0 Å². The van der Waals surface area contributed by atoms with Gasteiger partial charge in [0.2, 0.25) is 6.79 Å². The largest absolute Gasteiger partial charge is 0.454 e. The van der Waals surface area contributed by atoms with Crippen molar-refractivity contribution in [3.63, 3.8) is 0 Å². The molecule has 170 valence electrons. The lowest BCUT2D eigenvalue weighted by atomic mass is 10.1. The topological polar surface area (TPSA) is 57.3 Å². The van der Waals surface area contributed by atoms with Gasteiger partial charge in [0, 0.05) is 36.1 Å². The van der Waals surface area contributed by atoms with Crippen LogP contribution in [-0.2, 0) is 19.6 Å². The maximum absolute atomic E-state index is 5.61. The van der Waals surface area contributed by atoms with Crippen LogP contribution in [-0.4, -0.2) is 44.8 Å². The highest BCUT2D eigenvalue weighted by Crippen LogP contribution is 2.36. The van der Waals surface area contributed by atoms with Gasteiger partial charge in [-0.3, -0.25) is 9.36 Å². The number of ether oxygens (including phenoxy) is 2. The fourth-order valence-corrected chi connectivity index (χ4v) is 4.25. The normalized spacial score (nSPS) is 12.6. The van der Waals surface area contributed by atoms with Crippen LogP contribution in [0.15, 0.2) is 60.8 Å². The van der Waals surface area contributed by atoms with Gasteiger partial charge in [0.25, 0.3) is 0 Å². The monoisotopic (exact) mass is 443 g/mol. The van der Waals surface area contributed by atoms with E-state index >= 15 is 0 Å². The Hall–Kier alpha value is -3.58. The first-order chi connectivity index (χ1) is 16.0. The van der Waals surface area contributed by atoms with Gasteiger partial charge in [-0.25, -0.2) is 0 Å². The standard InChI is InChI=1S/C26H29N5O2/c1-19-13-20(2)31(27-19)12-11-29(3)16-23-17-30(15-21-7-5-4-6-8-21)28-26(23)22-9-10-24-25(14-22)33-18-32-24/h4-10,13-14,17H,11-12,15-16,18H2,1-3H3. The fraction of sp³-hybridized carbons (Fsp3) is 0.308. The summed E-state index contributed by atoms with van der Waals surface area (Å²) >= 11 is 0. The number of aromatic nitrogens is 4. The Kier molecular flexibility index (Phi) is 5.88. The number of likely N-dealkylation sites (N-methyl/N-ethyl adjacent to an activating group) is 1. The van der Waals surface area contributed by atoms with Crippen molar-refractivity contribution in [3.8, 4) is 22.8 Å². The number of aryl methyl sites for hydroxylation is 2. The molecule has 1 aliphatic rings. The van der Waals surface area contributed by atoms with E-state index in [1.807, 2.05) is 29.8 Å². The molecule has 2 aromatic carbocycles. The van der Waals surface area contributed by atoms with Crippen LogP contribution in [0.4, 0.5) is 0 Å². The summed E-state index contributed by atoms with van der Waals surface area (Å²) in [5.41, 5.74) is 6.66. The number of fused-ring (bicyclic) bond motifs is 1. The molecule has 0 spiro atoms. The Balaban J connectivity index is 1.38. The van der Waals surface area contributed by atoms with Gasteiger partial charge in [-0.05, 0) is 50.7 Å². The lowest BCUT2D eigenvalue weighted by molar-refractivity contribution is 0.174. The zero-order valence-corrected chi connectivity index (χ0v) is 19.4. The lowest BCUT2D eigenvalue weighted by Gasteiger charge is -2.17. The van der Waals surface area contributed by atoms with E-state index in [0.717, 1.165) is 54.6 Å². The zero-order chi connectivity index (χ0) is 22.8. The van der Waals surface area contributed by atoms with Gasteiger partial charge in [0.1, 0.15) is 0 Å². The third-order valence-corrected chi connectivity index (χ3v) is 5.91. The minimum absolute atomic E-state index is 0.267. The first-order valence-electron chi connectivity index (χ1n) is 11.2. The highest BCUT2D eigenvalue weighted by molar-refractivity contribution is 5.67. The Morgan fingerprint density at radius 1 is 0.970 bits per heavy atom. The van der Waals surface area contributed by atoms with Gasteiger partial charge < -0.3 is 14.4 Å². The van der Waals surface area contributed by atoms with E-state index in [9.17, 15) is 0 Å². The van der Waals surface area contributed by atoms with Crippen molar-refractivity contribution in [2.75, 3.05) is 20.4 Å². The number of hydrogen-bond acceptors (Lipinski definition) is 5. The summed E-state index contributed by atoms with van der Waals surface area (Å²) in [6.07, 6.45) is 2.16. The van der Waals surface area contributed by atoms with Crippen LogP contribution >= 0.6 is 0 Å². The molecule has 0 saturated heterocycles. The Morgan fingerprint density at radius 2 is 1.79 bits per heavy atom. The van der Waals surface area contributed by atoms with E-state index in [4.69, 9.17) is 14.6 Å². The molecule has 2 aromatic heterocycles. The van der Waals surface area contributed by atoms with Crippen molar-refractivity contribution < 1.29 is 9.47 Å². The average Bonchev–Trinajstić information content (AvgIpc) is 3.51. The third kappa shape index (κ3) is 4.78. The molecule has 5 rings (SSSR count). The molecule has 0 fully saturated rings. The molecule has 1 aliphatic heterocycles. The van der Waals surface area contributed by atoms with Gasteiger partial charge in [0.05, 0.1) is 24.5 Å². The smallest absolute Gasteiger partial charge is 0.231 e. The van der Waals surface area contributed by atoms with E-state index in [1.54, 1.807) is 0 Å². The summed E-state index contributed by atoms with van der Waals surface area (Å²) in [5, 5.41) is 9.55. The molecule has 7 nitrogen and oxygen atoms in total. The van der Waals surface area contributed by atoms with Gasteiger partial charge in [0.15, 0.2) is 11.5 Å². The minimum atomic E-state index is 0.267. The number of hydrogen-bond donors (Lipinski definition) is 0. The molecule has 33 heavy (non-hydrogen) atoms. The number of nitrogens with zero attached hydrogens (tertiary/aromatic N) is 5. The summed E-state index contributed by atoms with van der Waals surface area (Å²) < 4.78 is 15.2. The molecular weight excluding hydrogens is 414 g/mol. The molecule has 7 heteroatoms. The maximum atomic E-state index is 5.61. The van der Waals surface area contributed by atoms with Crippen LogP contribution in [0.25, 0.3) is 11.3 Å². The van der Waals surface area contributed by atoms with Crippen molar-refractivity contribution in [2.24, 2.45) is 0 Å². The van der Waals surface area contributed by atoms with E-state index in [-0.39, 0.29) is 6.79 Å². The predicted molar refractivity (Wildman–Crippen MR) is 127 cm³/mol. The molecule has 4 aromatic rings. The second-order valence-corrected chi connectivity index (χ2v) is 8.64. The van der Waals surface area contributed by atoms with Crippen LogP contribution in [0, 0.1) is 13.8 Å². The molecule has 0 atom stereocenters. The lowest BCUT2D eigenvalue weighted by Crippen LogP contribution is -2.23. The molecule has 0 amide bonds. The summed E-state index contributed by atoms with van der Waals surface area (Å²) in [6, 6.07) is 18.6. The Morgan fingerprint density at radius 3 is 2.58 bits per heavy atom. The van der Waals surface area contributed by atoms with Crippen LogP contribution in [0.2, 0.25) is 0 Å².